The molecule has 0 bridgehead atoms. The zero-order valence-corrected chi connectivity index (χ0v) is 8.92. The van der Waals surface area contributed by atoms with Crippen LogP contribution in [0.2, 0.25) is 0 Å². The second-order valence-electron chi connectivity index (χ2n) is 2.10. The number of rotatable bonds is 1. The lowest BCUT2D eigenvalue weighted by molar-refractivity contribution is 0.272. The molecule has 1 N–H and O–H groups in total. The van der Waals surface area contributed by atoms with E-state index in [9.17, 15) is 8.78 Å². The van der Waals surface area contributed by atoms with Crippen LogP contribution in [0.25, 0.3) is 0 Å². The molecule has 0 unspecified atom stereocenters. The Morgan fingerprint density at radius 3 is 2.25 bits per heavy atom. The average Bonchev–Trinajstić information content (AvgIpc) is 2.01. The average molecular weight is 302 g/mol. The maximum atomic E-state index is 12.9. The quantitative estimate of drug-likeness (QED) is 0.624. The molecule has 0 aliphatic rings. The van der Waals surface area contributed by atoms with Crippen LogP contribution >= 0.6 is 31.9 Å². The molecule has 0 fully saturated rings. The fourth-order valence-electron chi connectivity index (χ4n) is 0.749. The van der Waals surface area contributed by atoms with Crippen LogP contribution in [-0.4, -0.2) is 5.11 Å². The maximum Gasteiger partial charge on any atom is 0.173 e. The molecular weight excluding hydrogens is 298 g/mol. The number of benzene rings is 1. The lowest BCUT2D eigenvalue weighted by Crippen LogP contribution is -1.96. The second-order valence-corrected chi connectivity index (χ2v) is 3.81. The van der Waals surface area contributed by atoms with Crippen molar-refractivity contribution in [3.05, 3.63) is 32.2 Å². The largest absolute Gasteiger partial charge is 0.392 e. The van der Waals surface area contributed by atoms with Crippen molar-refractivity contribution < 1.29 is 13.9 Å². The fourth-order valence-corrected chi connectivity index (χ4v) is 1.99. The molecule has 0 amide bonds. The Balaban J connectivity index is 3.40. The molecule has 0 heterocycles. The molecule has 12 heavy (non-hydrogen) atoms. The van der Waals surface area contributed by atoms with Crippen LogP contribution in [-0.2, 0) is 6.61 Å². The van der Waals surface area contributed by atoms with Crippen molar-refractivity contribution in [2.75, 3.05) is 0 Å². The van der Waals surface area contributed by atoms with E-state index >= 15 is 0 Å². The Morgan fingerprint density at radius 1 is 1.17 bits per heavy atom. The van der Waals surface area contributed by atoms with Gasteiger partial charge in [0.15, 0.2) is 11.6 Å². The minimum Gasteiger partial charge on any atom is -0.392 e. The molecule has 0 aromatic heterocycles. The first-order valence-corrected chi connectivity index (χ1v) is 4.59. The van der Waals surface area contributed by atoms with Gasteiger partial charge in [-0.2, -0.15) is 0 Å². The van der Waals surface area contributed by atoms with Crippen molar-refractivity contribution in [3.63, 3.8) is 0 Å². The van der Waals surface area contributed by atoms with Gasteiger partial charge in [0, 0.05) is 10.0 Å². The molecule has 0 atom stereocenters. The van der Waals surface area contributed by atoms with Gasteiger partial charge in [0.2, 0.25) is 0 Å². The first-order valence-electron chi connectivity index (χ1n) is 3.00. The van der Waals surface area contributed by atoms with Crippen LogP contribution in [0.15, 0.2) is 15.0 Å². The van der Waals surface area contributed by atoms with Gasteiger partial charge in [-0.3, -0.25) is 0 Å². The third-order valence-electron chi connectivity index (χ3n) is 1.37. The minimum atomic E-state index is -1.03. The normalized spacial score (nSPS) is 10.4. The highest BCUT2D eigenvalue weighted by atomic mass is 79.9. The molecule has 1 aromatic carbocycles. The Kier molecular flexibility index (Phi) is 3.20. The van der Waals surface area contributed by atoms with E-state index in [1.807, 2.05) is 0 Å². The molecule has 0 radical (unpaired) electrons. The summed E-state index contributed by atoms with van der Waals surface area (Å²) in [5.41, 5.74) is -0.0734. The third kappa shape index (κ3) is 1.67. The Labute approximate surface area is 84.7 Å². The van der Waals surface area contributed by atoms with Gasteiger partial charge in [0.1, 0.15) is 0 Å². The Morgan fingerprint density at radius 2 is 1.75 bits per heavy atom. The lowest BCUT2D eigenvalue weighted by Gasteiger charge is -2.04. The predicted octanol–water partition coefficient (Wildman–Crippen LogP) is 2.98. The number of aliphatic hydroxyl groups excluding tert-OH is 1. The Hall–Kier alpha value is -0.000000000000000111. The van der Waals surface area contributed by atoms with Crippen LogP contribution in [0.1, 0.15) is 5.56 Å². The molecule has 0 aliphatic heterocycles. The number of hydrogen-bond acceptors (Lipinski definition) is 1. The van der Waals surface area contributed by atoms with Crippen LogP contribution < -0.4 is 0 Å². The molecule has 1 nitrogen and oxygen atoms in total. The molecule has 5 heteroatoms. The van der Waals surface area contributed by atoms with E-state index in [1.54, 1.807) is 0 Å². The number of aliphatic hydroxyl groups is 1. The first kappa shape index (κ1) is 10.1. The molecule has 66 valence electrons. The van der Waals surface area contributed by atoms with E-state index in [2.05, 4.69) is 31.9 Å². The summed E-state index contributed by atoms with van der Waals surface area (Å²) in [7, 11) is 0. The summed E-state index contributed by atoms with van der Waals surface area (Å²) in [5, 5.41) is 8.66. The van der Waals surface area contributed by atoms with Crippen LogP contribution in [0.3, 0.4) is 0 Å². The summed E-state index contributed by atoms with van der Waals surface area (Å²) >= 11 is 5.83. The molecule has 0 saturated carbocycles. The third-order valence-corrected chi connectivity index (χ3v) is 2.65. The molecule has 0 aliphatic carbocycles. The molecule has 0 spiro atoms. The van der Waals surface area contributed by atoms with E-state index in [-0.39, 0.29) is 10.0 Å². The first-order chi connectivity index (χ1) is 5.57. The van der Waals surface area contributed by atoms with Gasteiger partial charge < -0.3 is 5.11 Å². The number of halogens is 4. The van der Waals surface area contributed by atoms with Crippen LogP contribution in [0.4, 0.5) is 8.78 Å². The van der Waals surface area contributed by atoms with Gasteiger partial charge in [-0.15, -0.1) is 0 Å². The summed E-state index contributed by atoms with van der Waals surface area (Å²) < 4.78 is 26.1. The van der Waals surface area contributed by atoms with Crippen molar-refractivity contribution in [2.45, 2.75) is 6.61 Å². The van der Waals surface area contributed by atoms with E-state index in [0.717, 1.165) is 0 Å². The maximum absolute atomic E-state index is 12.9. The predicted molar refractivity (Wildman–Crippen MR) is 47.7 cm³/mol. The van der Waals surface area contributed by atoms with E-state index in [1.165, 1.54) is 6.07 Å². The van der Waals surface area contributed by atoms with Crippen molar-refractivity contribution in [1.29, 1.82) is 0 Å². The zero-order chi connectivity index (χ0) is 9.30. The summed E-state index contributed by atoms with van der Waals surface area (Å²) in [6, 6.07) is 1.35. The van der Waals surface area contributed by atoms with E-state index < -0.39 is 18.2 Å². The highest BCUT2D eigenvalue weighted by Crippen LogP contribution is 2.28. The van der Waals surface area contributed by atoms with Gasteiger partial charge >= 0.3 is 0 Å². The van der Waals surface area contributed by atoms with Gasteiger partial charge in [-0.1, -0.05) is 15.9 Å². The van der Waals surface area contributed by atoms with E-state index in [4.69, 9.17) is 5.11 Å². The summed E-state index contributed by atoms with van der Waals surface area (Å²) in [6.07, 6.45) is 0. The molecule has 1 rings (SSSR count). The standard InChI is InChI=1S/C7H4Br2F2O/c8-4-1-5(9)7(11)6(10)3(4)2-12/h1,12H,2H2. The lowest BCUT2D eigenvalue weighted by atomic mass is 10.2. The van der Waals surface area contributed by atoms with Gasteiger partial charge in [0.05, 0.1) is 11.1 Å². The molecule has 1 aromatic rings. The summed E-state index contributed by atoms with van der Waals surface area (Å²) in [6.45, 7) is -0.531. The van der Waals surface area contributed by atoms with Crippen molar-refractivity contribution in [3.8, 4) is 0 Å². The summed E-state index contributed by atoms with van der Waals surface area (Å²) in [5.74, 6) is -2.01. The monoisotopic (exact) mass is 300 g/mol. The highest BCUT2D eigenvalue weighted by Gasteiger charge is 2.14. The SMILES string of the molecule is OCc1c(Br)cc(Br)c(F)c1F. The van der Waals surface area contributed by atoms with Gasteiger partial charge in [-0.25, -0.2) is 8.78 Å². The van der Waals surface area contributed by atoms with Crippen molar-refractivity contribution in [1.82, 2.24) is 0 Å². The second kappa shape index (κ2) is 3.81. The van der Waals surface area contributed by atoms with Crippen molar-refractivity contribution >= 4 is 31.9 Å². The van der Waals surface area contributed by atoms with Crippen molar-refractivity contribution in [2.24, 2.45) is 0 Å². The van der Waals surface area contributed by atoms with Crippen LogP contribution in [0, 0.1) is 11.6 Å². The smallest absolute Gasteiger partial charge is 0.173 e. The molecule has 0 saturated heterocycles. The summed E-state index contributed by atoms with van der Waals surface area (Å²) in [4.78, 5) is 0. The zero-order valence-electron chi connectivity index (χ0n) is 5.74. The fraction of sp³-hybridized carbons (Fsp3) is 0.143. The Bertz CT molecular complexity index is 315. The van der Waals surface area contributed by atoms with Crippen LogP contribution in [0.5, 0.6) is 0 Å². The minimum absolute atomic E-state index is 0.0316. The van der Waals surface area contributed by atoms with Gasteiger partial charge in [-0.05, 0) is 22.0 Å². The van der Waals surface area contributed by atoms with Gasteiger partial charge in [0.25, 0.3) is 0 Å². The topological polar surface area (TPSA) is 20.2 Å². The number of hydrogen-bond donors (Lipinski definition) is 1. The van der Waals surface area contributed by atoms with E-state index in [0.29, 0.717) is 4.47 Å². The molecular formula is C7H4Br2F2O. The highest BCUT2D eigenvalue weighted by molar-refractivity contribution is 9.11.